The monoisotopic (exact) mass is 101 g/mol. The van der Waals surface area contributed by atoms with Gasteiger partial charge in [0.15, 0.2) is 0 Å². The normalized spacial score (nSPS) is 8.14. The van der Waals surface area contributed by atoms with Crippen molar-refractivity contribution in [2.45, 2.75) is 13.3 Å². The Morgan fingerprint density at radius 3 is 2.71 bits per heavy atom. The maximum absolute atomic E-state index is 4.39. The summed E-state index contributed by atoms with van der Waals surface area (Å²) in [6.07, 6.45) is 2.07. The van der Waals surface area contributed by atoms with E-state index in [9.17, 15) is 0 Å². The van der Waals surface area contributed by atoms with Gasteiger partial charge in [-0.15, -0.1) is 0 Å². The van der Waals surface area contributed by atoms with Crippen LogP contribution < -0.4 is 0 Å². The topological polar surface area (TPSA) is 18.5 Å². The van der Waals surface area contributed by atoms with Crippen LogP contribution >= 0.6 is 0 Å². The average Bonchev–Trinajstić information content (AvgIpc) is 1.69. The molecule has 0 saturated carbocycles. The molecular weight excluding hydrogens is 92.1 g/mol. The second-order valence-electron chi connectivity index (χ2n) is 0.934. The van der Waals surface area contributed by atoms with Crippen molar-refractivity contribution in [3.8, 4) is 0 Å². The van der Waals surface area contributed by atoms with Crippen LogP contribution in [-0.4, -0.2) is 0 Å². The fourth-order valence-electron chi connectivity index (χ4n) is 0.147. The van der Waals surface area contributed by atoms with Crippen LogP contribution in [0.4, 0.5) is 0 Å². The van der Waals surface area contributed by atoms with Gasteiger partial charge in [0, 0.05) is 0 Å². The van der Waals surface area contributed by atoms with Gasteiger partial charge in [-0.25, -0.2) is 0 Å². The Morgan fingerprint density at radius 2 is 2.29 bits per heavy atom. The summed E-state index contributed by atoms with van der Waals surface area (Å²) in [6, 6.07) is 0. The first-order chi connectivity index (χ1) is 3.41. The molecule has 0 heterocycles. The van der Waals surface area contributed by atoms with Gasteiger partial charge in [0.1, 0.15) is 12.9 Å². The summed E-state index contributed by atoms with van der Waals surface area (Å²) in [4.78, 5) is 8.67. The van der Waals surface area contributed by atoms with Crippen LogP contribution in [0.15, 0.2) is 12.8 Å². The van der Waals surface area contributed by atoms with Gasteiger partial charge in [-0.05, 0) is 6.42 Å². The van der Waals surface area contributed by atoms with Gasteiger partial charge >= 0.3 is 0 Å². The second kappa shape index (κ2) is 5.50. The molecule has 41 valence electrons. The highest BCUT2D eigenvalue weighted by molar-refractivity contribution is 4.44. The summed E-state index contributed by atoms with van der Waals surface area (Å²) in [5.41, 5.74) is 0. The van der Waals surface area contributed by atoms with Gasteiger partial charge in [0.05, 0.1) is 0 Å². The largest absolute Gasteiger partial charge is 0.346 e. The number of rotatable bonds is 4. The van der Waals surface area contributed by atoms with Gasteiger partial charge in [-0.2, -0.15) is 4.89 Å². The Balaban J connectivity index is 2.56. The van der Waals surface area contributed by atoms with Crippen molar-refractivity contribution in [1.29, 1.82) is 0 Å². The van der Waals surface area contributed by atoms with Gasteiger partial charge in [-0.1, -0.05) is 13.5 Å². The molecule has 0 unspecified atom stereocenters. The summed E-state index contributed by atoms with van der Waals surface area (Å²) in [6.45, 7) is 6.76. The lowest BCUT2D eigenvalue weighted by molar-refractivity contribution is -0.218. The summed E-state index contributed by atoms with van der Waals surface area (Å²) < 4.78 is 0. The Labute approximate surface area is 43.7 Å². The van der Waals surface area contributed by atoms with Crippen molar-refractivity contribution in [3.05, 3.63) is 19.4 Å². The molecule has 0 saturated heterocycles. The summed E-state index contributed by atoms with van der Waals surface area (Å²) in [5.74, 6) is 0. The van der Waals surface area contributed by atoms with E-state index in [1.165, 1.54) is 6.26 Å². The van der Waals surface area contributed by atoms with Crippen molar-refractivity contribution in [3.63, 3.8) is 0 Å². The van der Waals surface area contributed by atoms with E-state index in [2.05, 4.69) is 16.4 Å². The molecule has 0 rings (SSSR count). The first-order valence-corrected chi connectivity index (χ1v) is 2.16. The van der Waals surface area contributed by atoms with Gasteiger partial charge < -0.3 is 4.89 Å². The van der Waals surface area contributed by atoms with Crippen LogP contribution in [0.25, 0.3) is 0 Å². The second-order valence-corrected chi connectivity index (χ2v) is 0.934. The summed E-state index contributed by atoms with van der Waals surface area (Å²) in [7, 11) is 0. The van der Waals surface area contributed by atoms with Crippen molar-refractivity contribution in [2.75, 3.05) is 0 Å². The molecule has 0 aromatic heterocycles. The molecule has 2 heteroatoms. The first-order valence-electron chi connectivity index (χ1n) is 2.16. The maximum atomic E-state index is 4.39. The van der Waals surface area contributed by atoms with Crippen LogP contribution in [0.5, 0.6) is 0 Å². The van der Waals surface area contributed by atoms with E-state index in [0.29, 0.717) is 0 Å². The Hall–Kier alpha value is -0.500. The van der Waals surface area contributed by atoms with Crippen LogP contribution in [0.3, 0.4) is 0 Å². The highest BCUT2D eigenvalue weighted by atomic mass is 17.2. The average molecular weight is 101 g/mol. The molecule has 7 heavy (non-hydrogen) atoms. The molecule has 0 aromatic rings. The predicted molar refractivity (Wildman–Crippen MR) is 27.0 cm³/mol. The molecule has 2 nitrogen and oxygen atoms in total. The highest BCUT2D eigenvalue weighted by Gasteiger charge is 1.77. The zero-order valence-electron chi connectivity index (χ0n) is 4.39. The molecule has 0 fully saturated rings. The van der Waals surface area contributed by atoms with Gasteiger partial charge in [-0.3, -0.25) is 0 Å². The third kappa shape index (κ3) is 5.50. The summed E-state index contributed by atoms with van der Waals surface area (Å²) >= 11 is 0. The minimum Gasteiger partial charge on any atom is -0.346 e. The van der Waals surface area contributed by atoms with E-state index < -0.39 is 0 Å². The molecule has 0 aliphatic carbocycles. The summed E-state index contributed by atoms with van der Waals surface area (Å²) in [5, 5.41) is 0. The zero-order valence-corrected chi connectivity index (χ0v) is 4.39. The van der Waals surface area contributed by atoms with Crippen LogP contribution in [0.2, 0.25) is 0 Å². The van der Waals surface area contributed by atoms with Crippen LogP contribution in [0.1, 0.15) is 13.3 Å². The predicted octanol–water partition coefficient (Wildman–Crippen LogP) is 1.65. The minimum atomic E-state index is 0.841. The van der Waals surface area contributed by atoms with Crippen LogP contribution in [-0.2, 0) is 9.78 Å². The molecule has 0 aliphatic heterocycles. The third-order valence-corrected chi connectivity index (χ3v) is 0.358. The van der Waals surface area contributed by atoms with Crippen molar-refractivity contribution in [2.24, 2.45) is 0 Å². The minimum absolute atomic E-state index is 0.841. The number of hydrogen-bond acceptors (Lipinski definition) is 2. The van der Waals surface area contributed by atoms with Crippen molar-refractivity contribution in [1.82, 2.24) is 0 Å². The van der Waals surface area contributed by atoms with Gasteiger partial charge in [0.2, 0.25) is 0 Å². The molecule has 0 atom stereocenters. The standard InChI is InChI=1S/C5H9O2/c1-3-5-7-6-4-2/h4-5H,2-3H2,1H3. The Kier molecular flexibility index (Phi) is 5.11. The molecule has 0 aliphatic rings. The molecule has 0 spiro atoms. The maximum Gasteiger partial charge on any atom is 0.135 e. The molecule has 1 radical (unpaired) electrons. The molecule has 0 N–H and O–H groups in total. The molecule has 0 amide bonds. The van der Waals surface area contributed by atoms with Crippen molar-refractivity contribution < 1.29 is 9.78 Å². The molecule has 0 aromatic carbocycles. The van der Waals surface area contributed by atoms with Crippen LogP contribution in [0, 0.1) is 6.61 Å². The van der Waals surface area contributed by atoms with E-state index in [1.807, 2.05) is 6.92 Å². The van der Waals surface area contributed by atoms with E-state index >= 15 is 0 Å². The zero-order chi connectivity index (χ0) is 5.54. The SMILES string of the molecule is C=COO[CH]CC. The van der Waals surface area contributed by atoms with E-state index in [0.717, 1.165) is 6.42 Å². The van der Waals surface area contributed by atoms with Crippen molar-refractivity contribution >= 4 is 0 Å². The smallest absolute Gasteiger partial charge is 0.135 e. The van der Waals surface area contributed by atoms with Gasteiger partial charge in [0.25, 0.3) is 0 Å². The number of hydrogen-bond donors (Lipinski definition) is 0. The third-order valence-electron chi connectivity index (χ3n) is 0.358. The fraction of sp³-hybridized carbons (Fsp3) is 0.400. The Bertz CT molecular complexity index is 43.3. The quantitative estimate of drug-likeness (QED) is 0.232. The lowest BCUT2D eigenvalue weighted by atomic mass is 10.5. The molecular formula is C5H9O2. The van der Waals surface area contributed by atoms with E-state index in [-0.39, 0.29) is 0 Å². The first kappa shape index (κ1) is 6.50. The highest BCUT2D eigenvalue weighted by Crippen LogP contribution is 1.86. The Morgan fingerprint density at radius 1 is 1.57 bits per heavy atom. The van der Waals surface area contributed by atoms with E-state index in [1.54, 1.807) is 6.61 Å². The fourth-order valence-corrected chi connectivity index (χ4v) is 0.147. The molecule has 0 bridgehead atoms. The lowest BCUT2D eigenvalue weighted by Gasteiger charge is -1.92. The lowest BCUT2D eigenvalue weighted by Crippen LogP contribution is -1.80. The van der Waals surface area contributed by atoms with E-state index in [4.69, 9.17) is 0 Å².